The number of aliphatic hydroxyl groups excluding tert-OH is 1. The first-order valence-electron chi connectivity index (χ1n) is 7.30. The Morgan fingerprint density at radius 1 is 1.33 bits per heavy atom. The number of aromatic amines is 1. The molecular formula is C16H15Cl2N3O3. The van der Waals surface area contributed by atoms with Gasteiger partial charge in [-0.3, -0.25) is 9.69 Å². The van der Waals surface area contributed by atoms with Crippen LogP contribution in [-0.4, -0.2) is 22.1 Å². The summed E-state index contributed by atoms with van der Waals surface area (Å²) in [6, 6.07) is 5.17. The second kappa shape index (κ2) is 6.47. The van der Waals surface area contributed by atoms with Gasteiger partial charge in [0, 0.05) is 12.7 Å². The molecular weight excluding hydrogens is 353 g/mol. The number of nitrogens with one attached hydrogen (secondary N) is 1. The van der Waals surface area contributed by atoms with E-state index in [1.807, 2.05) is 6.92 Å². The van der Waals surface area contributed by atoms with Gasteiger partial charge in [0.05, 0.1) is 16.7 Å². The number of nitrogens with zero attached hydrogens (tertiary/aromatic N) is 2. The smallest absolute Gasteiger partial charge is 0.302 e. The molecule has 8 heteroatoms. The molecule has 3 rings (SSSR count). The summed E-state index contributed by atoms with van der Waals surface area (Å²) in [6.07, 6.45) is 0.665. The lowest BCUT2D eigenvalue weighted by Gasteiger charge is -2.15. The number of anilines is 2. The first kappa shape index (κ1) is 16.8. The molecule has 0 spiro atoms. The topological polar surface area (TPSA) is 82.4 Å². The molecule has 2 heterocycles. The molecule has 0 aliphatic rings. The van der Waals surface area contributed by atoms with E-state index in [9.17, 15) is 9.90 Å². The van der Waals surface area contributed by atoms with E-state index in [0.29, 0.717) is 38.9 Å². The van der Waals surface area contributed by atoms with Crippen molar-refractivity contribution in [3.63, 3.8) is 0 Å². The molecule has 0 amide bonds. The summed E-state index contributed by atoms with van der Waals surface area (Å²) in [5.41, 5.74) is 2.14. The average Bonchev–Trinajstić information content (AvgIpc) is 3.04. The van der Waals surface area contributed by atoms with E-state index in [1.165, 1.54) is 4.90 Å². The lowest BCUT2D eigenvalue weighted by Crippen LogP contribution is -2.22. The van der Waals surface area contributed by atoms with Gasteiger partial charge in [-0.25, -0.2) is 0 Å². The fraction of sp³-hybridized carbons (Fsp3) is 0.250. The maximum absolute atomic E-state index is 12.3. The first-order valence-corrected chi connectivity index (χ1v) is 8.06. The number of oxazole rings is 1. The number of H-pyrrole nitrogens is 1. The van der Waals surface area contributed by atoms with Crippen molar-refractivity contribution >= 4 is 46.0 Å². The first-order chi connectivity index (χ1) is 11.5. The molecule has 24 heavy (non-hydrogen) atoms. The number of fused-ring (bicyclic) bond motifs is 1. The van der Waals surface area contributed by atoms with Gasteiger partial charge in [0.15, 0.2) is 5.58 Å². The van der Waals surface area contributed by atoms with Crippen molar-refractivity contribution in [2.75, 3.05) is 11.9 Å². The van der Waals surface area contributed by atoms with E-state index in [0.717, 1.165) is 5.56 Å². The average molecular weight is 368 g/mol. The number of benzene rings is 1. The molecule has 1 aromatic carbocycles. The standard InChI is InChI=1S/C16H15Cl2N3O3/c1-3-8-6-12(15(23)19-11(8)7-22)21(2)16-20-13-9(17)4-5-10(18)14(13)24-16/h4-6,22H,3,7H2,1-2H3,(H,19,23). The number of aryl methyl sites for hydroxylation is 1. The quantitative estimate of drug-likeness (QED) is 0.735. The highest BCUT2D eigenvalue weighted by Crippen LogP contribution is 2.34. The third-order valence-corrected chi connectivity index (χ3v) is 4.42. The SMILES string of the molecule is CCc1cc(N(C)c2nc3c(Cl)ccc(Cl)c3o2)c(=O)[nH]c1CO. The van der Waals surface area contributed by atoms with Gasteiger partial charge in [-0.05, 0) is 30.2 Å². The number of rotatable bonds is 4. The molecule has 126 valence electrons. The van der Waals surface area contributed by atoms with Crippen molar-refractivity contribution in [1.29, 1.82) is 0 Å². The maximum atomic E-state index is 12.3. The highest BCUT2D eigenvalue weighted by molar-refractivity contribution is 6.39. The van der Waals surface area contributed by atoms with Crippen molar-refractivity contribution in [1.82, 2.24) is 9.97 Å². The summed E-state index contributed by atoms with van der Waals surface area (Å²) < 4.78 is 5.68. The van der Waals surface area contributed by atoms with Crippen LogP contribution in [-0.2, 0) is 13.0 Å². The fourth-order valence-electron chi connectivity index (χ4n) is 2.48. The Bertz CT molecular complexity index is 926. The Balaban J connectivity index is 2.13. The fourth-order valence-corrected chi connectivity index (χ4v) is 2.87. The van der Waals surface area contributed by atoms with Crippen LogP contribution in [0.3, 0.4) is 0 Å². The van der Waals surface area contributed by atoms with E-state index in [2.05, 4.69) is 9.97 Å². The molecule has 0 fully saturated rings. The number of halogens is 2. The van der Waals surface area contributed by atoms with Gasteiger partial charge in [0.2, 0.25) is 0 Å². The monoisotopic (exact) mass is 367 g/mol. The zero-order chi connectivity index (χ0) is 17.4. The van der Waals surface area contributed by atoms with E-state index in [-0.39, 0.29) is 18.2 Å². The summed E-state index contributed by atoms with van der Waals surface area (Å²) in [5, 5.41) is 10.1. The van der Waals surface area contributed by atoms with Crippen LogP contribution in [0.25, 0.3) is 11.1 Å². The van der Waals surface area contributed by atoms with Crippen LogP contribution in [0.5, 0.6) is 0 Å². The van der Waals surface area contributed by atoms with Crippen molar-refractivity contribution in [2.45, 2.75) is 20.0 Å². The van der Waals surface area contributed by atoms with Gasteiger partial charge in [0.25, 0.3) is 5.56 Å². The number of hydrogen-bond donors (Lipinski definition) is 2. The van der Waals surface area contributed by atoms with E-state index in [4.69, 9.17) is 27.6 Å². The summed E-state index contributed by atoms with van der Waals surface area (Å²) in [4.78, 5) is 20.8. The molecule has 0 saturated heterocycles. The van der Waals surface area contributed by atoms with Gasteiger partial charge < -0.3 is 14.5 Å². The van der Waals surface area contributed by atoms with Crippen molar-refractivity contribution < 1.29 is 9.52 Å². The van der Waals surface area contributed by atoms with Crippen molar-refractivity contribution in [3.8, 4) is 0 Å². The lowest BCUT2D eigenvalue weighted by molar-refractivity contribution is 0.275. The van der Waals surface area contributed by atoms with Crippen LogP contribution in [0, 0.1) is 0 Å². The van der Waals surface area contributed by atoms with Crippen LogP contribution in [0.15, 0.2) is 27.4 Å². The zero-order valence-corrected chi connectivity index (χ0v) is 14.6. The van der Waals surface area contributed by atoms with Gasteiger partial charge in [-0.15, -0.1) is 0 Å². The van der Waals surface area contributed by atoms with E-state index in [1.54, 1.807) is 25.2 Å². The minimum absolute atomic E-state index is 0.198. The van der Waals surface area contributed by atoms with Crippen LogP contribution >= 0.6 is 23.2 Å². The molecule has 6 nitrogen and oxygen atoms in total. The van der Waals surface area contributed by atoms with E-state index >= 15 is 0 Å². The number of aromatic nitrogens is 2. The highest BCUT2D eigenvalue weighted by atomic mass is 35.5. The Morgan fingerprint density at radius 3 is 2.67 bits per heavy atom. The molecule has 0 atom stereocenters. The second-order valence-electron chi connectivity index (χ2n) is 5.26. The largest absolute Gasteiger partial charge is 0.421 e. The number of hydrogen-bond acceptors (Lipinski definition) is 5. The minimum atomic E-state index is -0.349. The van der Waals surface area contributed by atoms with Crippen LogP contribution < -0.4 is 10.5 Å². The molecule has 0 unspecified atom stereocenters. The summed E-state index contributed by atoms with van der Waals surface area (Å²) in [5.74, 6) is 0. The second-order valence-corrected chi connectivity index (χ2v) is 6.08. The number of aliphatic hydroxyl groups is 1. The molecule has 0 bridgehead atoms. The minimum Gasteiger partial charge on any atom is -0.421 e. The summed E-state index contributed by atoms with van der Waals surface area (Å²) >= 11 is 12.2. The molecule has 2 aromatic heterocycles. The third-order valence-electron chi connectivity index (χ3n) is 3.82. The Morgan fingerprint density at radius 2 is 2.04 bits per heavy atom. The Hall–Kier alpha value is -2.02. The van der Waals surface area contributed by atoms with Crippen LogP contribution in [0.2, 0.25) is 10.0 Å². The van der Waals surface area contributed by atoms with Crippen LogP contribution in [0.1, 0.15) is 18.2 Å². The molecule has 0 radical (unpaired) electrons. The molecule has 2 N–H and O–H groups in total. The number of pyridine rings is 1. The van der Waals surface area contributed by atoms with E-state index < -0.39 is 0 Å². The Kier molecular flexibility index (Phi) is 4.54. The Labute approximate surface area is 147 Å². The predicted molar refractivity (Wildman–Crippen MR) is 94.5 cm³/mol. The van der Waals surface area contributed by atoms with Crippen LogP contribution in [0.4, 0.5) is 11.7 Å². The zero-order valence-electron chi connectivity index (χ0n) is 13.1. The molecule has 0 saturated carbocycles. The summed E-state index contributed by atoms with van der Waals surface area (Å²) in [7, 11) is 1.66. The van der Waals surface area contributed by atoms with Crippen molar-refractivity contribution in [2.24, 2.45) is 0 Å². The molecule has 0 aliphatic carbocycles. The van der Waals surface area contributed by atoms with Gasteiger partial charge in [0.1, 0.15) is 11.2 Å². The van der Waals surface area contributed by atoms with Gasteiger partial charge in [-0.2, -0.15) is 4.98 Å². The molecule has 3 aromatic rings. The van der Waals surface area contributed by atoms with Gasteiger partial charge >= 0.3 is 6.01 Å². The molecule has 0 aliphatic heterocycles. The van der Waals surface area contributed by atoms with Crippen molar-refractivity contribution in [3.05, 3.63) is 49.9 Å². The lowest BCUT2D eigenvalue weighted by atomic mass is 10.1. The maximum Gasteiger partial charge on any atom is 0.302 e. The highest BCUT2D eigenvalue weighted by Gasteiger charge is 2.19. The third kappa shape index (κ3) is 2.77. The predicted octanol–water partition coefficient (Wildman–Crippen LogP) is 3.65. The normalized spacial score (nSPS) is 11.2. The van der Waals surface area contributed by atoms with Gasteiger partial charge in [-0.1, -0.05) is 30.1 Å². The summed E-state index contributed by atoms with van der Waals surface area (Å²) in [6.45, 7) is 1.71.